The minimum Gasteiger partial charge on any atom is -0.423 e. The Hall–Kier alpha value is -3.64. The molecule has 0 spiro atoms. The number of aryl methyl sites for hydroxylation is 1. The number of carbonyl (C=O) groups is 3. The molecule has 3 aromatic carbocycles. The maximum atomic E-state index is 12.8. The Morgan fingerprint density at radius 3 is 2.32 bits per heavy atom. The van der Waals surface area contributed by atoms with Crippen molar-refractivity contribution in [1.82, 2.24) is 4.90 Å². The molecule has 0 unspecified atom stereocenters. The molecule has 0 aliphatic carbocycles. The molecule has 31 heavy (non-hydrogen) atoms. The minimum absolute atomic E-state index is 0.253. The predicted molar refractivity (Wildman–Crippen MR) is 121 cm³/mol. The highest BCUT2D eigenvalue weighted by Gasteiger charge is 2.35. The quantitative estimate of drug-likeness (QED) is 0.307. The van der Waals surface area contributed by atoms with Gasteiger partial charge in [-0.15, -0.1) is 0 Å². The number of rotatable bonds is 5. The van der Waals surface area contributed by atoms with E-state index in [1.807, 2.05) is 37.3 Å². The molecule has 1 aliphatic rings. The summed E-state index contributed by atoms with van der Waals surface area (Å²) in [5, 5.41) is -0.284. The second kappa shape index (κ2) is 9.02. The number of esters is 1. The average molecular weight is 429 g/mol. The number of imide groups is 1. The van der Waals surface area contributed by atoms with Crippen LogP contribution in [0.15, 0.2) is 83.8 Å². The lowest BCUT2D eigenvalue weighted by molar-refractivity contribution is -0.123. The summed E-state index contributed by atoms with van der Waals surface area (Å²) in [6, 6.07) is 23.2. The van der Waals surface area contributed by atoms with Crippen LogP contribution in [0.5, 0.6) is 5.75 Å². The van der Waals surface area contributed by atoms with Crippen LogP contribution in [0.4, 0.5) is 4.79 Å². The van der Waals surface area contributed by atoms with Crippen molar-refractivity contribution in [1.29, 1.82) is 0 Å². The SMILES string of the molecule is Cc1ccccc1CN1C(=O)S/C(=C\c2ccc(OC(=O)c3ccccc3)cc2)C1=O. The second-order valence-corrected chi connectivity index (χ2v) is 8.01. The number of benzene rings is 3. The molecule has 1 heterocycles. The van der Waals surface area contributed by atoms with Gasteiger partial charge in [-0.1, -0.05) is 54.6 Å². The third kappa shape index (κ3) is 4.75. The van der Waals surface area contributed by atoms with Gasteiger partial charge in [0.25, 0.3) is 11.1 Å². The molecule has 5 nitrogen and oxygen atoms in total. The molecule has 6 heteroatoms. The van der Waals surface area contributed by atoms with Crippen LogP contribution in [0.2, 0.25) is 0 Å². The number of hydrogen-bond donors (Lipinski definition) is 0. The van der Waals surface area contributed by atoms with E-state index in [-0.39, 0.29) is 17.7 Å². The van der Waals surface area contributed by atoms with Crippen molar-refractivity contribution >= 4 is 35.0 Å². The molecule has 4 rings (SSSR count). The van der Waals surface area contributed by atoms with E-state index in [0.717, 1.165) is 28.5 Å². The summed E-state index contributed by atoms with van der Waals surface area (Å²) in [4.78, 5) is 38.9. The highest BCUT2D eigenvalue weighted by molar-refractivity contribution is 8.18. The van der Waals surface area contributed by atoms with Crippen molar-refractivity contribution in [3.05, 3.63) is 106 Å². The number of hydrogen-bond acceptors (Lipinski definition) is 5. The van der Waals surface area contributed by atoms with E-state index in [4.69, 9.17) is 4.74 Å². The minimum atomic E-state index is -0.439. The zero-order valence-corrected chi connectivity index (χ0v) is 17.6. The molecule has 2 amide bonds. The Morgan fingerprint density at radius 1 is 0.935 bits per heavy atom. The van der Waals surface area contributed by atoms with Gasteiger partial charge in [-0.2, -0.15) is 0 Å². The van der Waals surface area contributed by atoms with Gasteiger partial charge in [0.05, 0.1) is 17.0 Å². The van der Waals surface area contributed by atoms with Crippen molar-refractivity contribution in [3.8, 4) is 5.75 Å². The smallest absolute Gasteiger partial charge is 0.343 e. The monoisotopic (exact) mass is 429 g/mol. The number of carbonyl (C=O) groups excluding carboxylic acids is 3. The fourth-order valence-electron chi connectivity index (χ4n) is 3.12. The Balaban J connectivity index is 1.45. The normalized spacial score (nSPS) is 14.9. The molecule has 0 radical (unpaired) electrons. The van der Waals surface area contributed by atoms with Crippen LogP contribution in [0, 0.1) is 6.92 Å². The molecule has 0 N–H and O–H groups in total. The Morgan fingerprint density at radius 2 is 1.61 bits per heavy atom. The molecule has 0 saturated carbocycles. The first-order chi connectivity index (χ1) is 15.0. The van der Waals surface area contributed by atoms with E-state index >= 15 is 0 Å². The van der Waals surface area contributed by atoms with Gasteiger partial charge in [-0.05, 0) is 65.7 Å². The van der Waals surface area contributed by atoms with Crippen LogP contribution < -0.4 is 4.74 Å². The first-order valence-electron chi connectivity index (χ1n) is 9.68. The van der Waals surface area contributed by atoms with Gasteiger partial charge in [0.2, 0.25) is 0 Å². The van der Waals surface area contributed by atoms with Gasteiger partial charge in [0.15, 0.2) is 0 Å². The second-order valence-electron chi connectivity index (χ2n) is 7.02. The third-order valence-electron chi connectivity index (χ3n) is 4.86. The van der Waals surface area contributed by atoms with Gasteiger partial charge in [0.1, 0.15) is 5.75 Å². The summed E-state index contributed by atoms with van der Waals surface area (Å²) in [6.45, 7) is 2.21. The Labute approximate surface area is 184 Å². The van der Waals surface area contributed by atoms with Gasteiger partial charge < -0.3 is 4.74 Å². The summed E-state index contributed by atoms with van der Waals surface area (Å²) in [5.41, 5.74) is 3.18. The predicted octanol–water partition coefficient (Wildman–Crippen LogP) is 5.45. The van der Waals surface area contributed by atoms with Crippen LogP contribution in [0.1, 0.15) is 27.0 Å². The molecular weight excluding hydrogens is 410 g/mol. The van der Waals surface area contributed by atoms with E-state index < -0.39 is 5.97 Å². The van der Waals surface area contributed by atoms with Gasteiger partial charge in [0, 0.05) is 0 Å². The summed E-state index contributed by atoms with van der Waals surface area (Å²) >= 11 is 0.927. The molecule has 154 valence electrons. The maximum absolute atomic E-state index is 12.8. The molecular formula is C25H19NO4S. The molecule has 1 aliphatic heterocycles. The number of amides is 2. The summed E-state index contributed by atoms with van der Waals surface area (Å²) < 4.78 is 5.36. The lowest BCUT2D eigenvalue weighted by atomic mass is 10.1. The molecule has 0 bridgehead atoms. The summed E-state index contributed by atoms with van der Waals surface area (Å²) in [7, 11) is 0. The van der Waals surface area contributed by atoms with Crippen molar-refractivity contribution in [2.45, 2.75) is 13.5 Å². The topological polar surface area (TPSA) is 63.7 Å². The van der Waals surface area contributed by atoms with Crippen molar-refractivity contribution < 1.29 is 19.1 Å². The number of nitrogens with zero attached hydrogens (tertiary/aromatic N) is 1. The lowest BCUT2D eigenvalue weighted by Gasteiger charge is -2.14. The highest BCUT2D eigenvalue weighted by Crippen LogP contribution is 2.33. The zero-order valence-electron chi connectivity index (χ0n) is 16.8. The van der Waals surface area contributed by atoms with Gasteiger partial charge >= 0.3 is 5.97 Å². The number of thioether (sulfide) groups is 1. The van der Waals surface area contributed by atoms with E-state index in [0.29, 0.717) is 16.2 Å². The van der Waals surface area contributed by atoms with E-state index in [9.17, 15) is 14.4 Å². The zero-order chi connectivity index (χ0) is 21.8. The van der Waals surface area contributed by atoms with Crippen LogP contribution in [-0.2, 0) is 11.3 Å². The van der Waals surface area contributed by atoms with Gasteiger partial charge in [-0.3, -0.25) is 14.5 Å². The molecule has 3 aromatic rings. The van der Waals surface area contributed by atoms with Crippen LogP contribution in [-0.4, -0.2) is 22.0 Å². The molecule has 1 saturated heterocycles. The van der Waals surface area contributed by atoms with Crippen molar-refractivity contribution in [2.75, 3.05) is 0 Å². The lowest BCUT2D eigenvalue weighted by Crippen LogP contribution is -2.27. The summed E-state index contributed by atoms with van der Waals surface area (Å²) in [6.07, 6.45) is 1.67. The number of ether oxygens (including phenoxy) is 1. The van der Waals surface area contributed by atoms with Gasteiger partial charge in [-0.25, -0.2) is 4.79 Å². The van der Waals surface area contributed by atoms with Crippen molar-refractivity contribution in [2.24, 2.45) is 0 Å². The van der Waals surface area contributed by atoms with Crippen LogP contribution >= 0.6 is 11.8 Å². The Bertz CT molecular complexity index is 1170. The maximum Gasteiger partial charge on any atom is 0.343 e. The summed E-state index contributed by atoms with van der Waals surface area (Å²) in [5.74, 6) is -0.345. The fraction of sp³-hybridized carbons (Fsp3) is 0.0800. The van der Waals surface area contributed by atoms with Crippen LogP contribution in [0.25, 0.3) is 6.08 Å². The Kier molecular flexibility index (Phi) is 6.00. The molecule has 0 aromatic heterocycles. The van der Waals surface area contributed by atoms with E-state index in [1.165, 1.54) is 4.90 Å². The first kappa shape index (κ1) is 20.6. The standard InChI is InChI=1S/C25H19NO4S/c1-17-7-5-6-10-20(17)16-26-23(27)22(31-25(26)29)15-18-11-13-21(14-12-18)30-24(28)19-8-3-2-4-9-19/h2-15H,16H2,1H3/b22-15-. The largest absolute Gasteiger partial charge is 0.423 e. The fourth-order valence-corrected chi connectivity index (χ4v) is 3.96. The van der Waals surface area contributed by atoms with E-state index in [2.05, 4.69) is 0 Å². The van der Waals surface area contributed by atoms with Crippen LogP contribution in [0.3, 0.4) is 0 Å². The third-order valence-corrected chi connectivity index (χ3v) is 5.77. The van der Waals surface area contributed by atoms with Crippen molar-refractivity contribution in [3.63, 3.8) is 0 Å². The average Bonchev–Trinajstić information content (AvgIpc) is 3.04. The molecule has 0 atom stereocenters. The molecule has 1 fully saturated rings. The van der Waals surface area contributed by atoms with E-state index in [1.54, 1.807) is 54.6 Å². The first-order valence-corrected chi connectivity index (χ1v) is 10.5. The highest BCUT2D eigenvalue weighted by atomic mass is 32.2.